The second-order valence-electron chi connectivity index (χ2n) is 5.05. The predicted octanol–water partition coefficient (Wildman–Crippen LogP) is 2.05. The number of aromatic nitrogens is 2. The molecular weight excluding hydrogens is 264 g/mol. The maximum absolute atomic E-state index is 11.9. The molecule has 7 heteroatoms. The Balaban J connectivity index is 3.43. The van der Waals surface area contributed by atoms with Crippen LogP contribution in [0.2, 0.25) is 0 Å². The Bertz CT molecular complexity index is 530. The van der Waals surface area contributed by atoms with E-state index >= 15 is 0 Å². The number of nitrogens with one attached hydrogen (secondary N) is 1. The van der Waals surface area contributed by atoms with Gasteiger partial charge in [0.2, 0.25) is 0 Å². The van der Waals surface area contributed by atoms with Gasteiger partial charge in [0, 0.05) is 12.3 Å². The lowest BCUT2D eigenvalue weighted by molar-refractivity contribution is 0.434. The fraction of sp³-hybridized carbons (Fsp3) is 0.750. The van der Waals surface area contributed by atoms with Crippen LogP contribution < -0.4 is 11.1 Å². The van der Waals surface area contributed by atoms with Crippen LogP contribution in [0.3, 0.4) is 0 Å². The molecule has 0 bridgehead atoms. The third-order valence-electron chi connectivity index (χ3n) is 2.99. The van der Waals surface area contributed by atoms with Gasteiger partial charge in [-0.15, -0.1) is 0 Å². The molecule has 1 heterocycles. The number of nitrogens with two attached hydrogens (primary N) is 1. The number of nitrogen functional groups attached to an aromatic ring is 1. The fourth-order valence-electron chi connectivity index (χ4n) is 2.08. The smallest absolute Gasteiger partial charge is 0.182 e. The average Bonchev–Trinajstić information content (AvgIpc) is 2.56. The molecule has 110 valence electrons. The van der Waals surface area contributed by atoms with Crippen molar-refractivity contribution in [1.82, 2.24) is 9.78 Å². The van der Waals surface area contributed by atoms with Crippen LogP contribution >= 0.6 is 0 Å². The molecule has 0 radical (unpaired) electrons. The molecule has 0 saturated heterocycles. The van der Waals surface area contributed by atoms with Gasteiger partial charge < -0.3 is 11.1 Å². The maximum Gasteiger partial charge on any atom is 0.182 e. The van der Waals surface area contributed by atoms with Gasteiger partial charge in [-0.25, -0.2) is 13.1 Å². The van der Waals surface area contributed by atoms with Gasteiger partial charge in [-0.1, -0.05) is 13.8 Å². The first-order valence-corrected chi connectivity index (χ1v) is 8.46. The number of sulfone groups is 1. The van der Waals surface area contributed by atoms with Crippen molar-refractivity contribution in [3.8, 4) is 0 Å². The minimum atomic E-state index is -3.41. The van der Waals surface area contributed by atoms with E-state index in [0.29, 0.717) is 5.82 Å². The molecule has 0 unspecified atom stereocenters. The molecule has 1 aromatic heterocycles. The molecule has 0 saturated carbocycles. The number of hydrogen-bond acceptors (Lipinski definition) is 5. The zero-order valence-corrected chi connectivity index (χ0v) is 13.1. The van der Waals surface area contributed by atoms with Gasteiger partial charge in [0.25, 0.3) is 0 Å². The molecule has 3 N–H and O–H groups in total. The van der Waals surface area contributed by atoms with Crippen molar-refractivity contribution in [1.29, 1.82) is 0 Å². The number of nitrogens with zero attached hydrogens (tertiary/aromatic N) is 2. The van der Waals surface area contributed by atoms with Gasteiger partial charge in [0.05, 0.1) is 6.04 Å². The van der Waals surface area contributed by atoms with Crippen LogP contribution in [0.5, 0.6) is 0 Å². The van der Waals surface area contributed by atoms with E-state index in [-0.39, 0.29) is 22.8 Å². The van der Waals surface area contributed by atoms with Crippen LogP contribution in [0.1, 0.15) is 46.6 Å². The van der Waals surface area contributed by atoms with Crippen LogP contribution in [0.25, 0.3) is 0 Å². The van der Waals surface area contributed by atoms with Crippen LogP contribution in [-0.2, 0) is 9.84 Å². The largest absolute Gasteiger partial charge is 0.383 e. The van der Waals surface area contributed by atoms with Gasteiger partial charge >= 0.3 is 0 Å². The summed E-state index contributed by atoms with van der Waals surface area (Å²) in [6, 6.07) is 0.202. The molecule has 0 atom stereocenters. The quantitative estimate of drug-likeness (QED) is 0.836. The molecule has 1 rings (SSSR count). The molecule has 6 nitrogen and oxygen atoms in total. The average molecular weight is 288 g/mol. The topological polar surface area (TPSA) is 90.0 Å². The second kappa shape index (κ2) is 5.81. The van der Waals surface area contributed by atoms with Gasteiger partial charge in [0.1, 0.15) is 5.82 Å². The summed E-state index contributed by atoms with van der Waals surface area (Å²) >= 11 is 0. The van der Waals surface area contributed by atoms with Crippen molar-refractivity contribution in [2.45, 2.75) is 57.5 Å². The van der Waals surface area contributed by atoms with E-state index in [9.17, 15) is 8.42 Å². The molecule has 0 amide bonds. The van der Waals surface area contributed by atoms with Crippen molar-refractivity contribution in [3.63, 3.8) is 0 Å². The van der Waals surface area contributed by atoms with Crippen LogP contribution in [0, 0.1) is 0 Å². The van der Waals surface area contributed by atoms with Crippen molar-refractivity contribution in [3.05, 3.63) is 0 Å². The molecule has 0 spiro atoms. The number of rotatable bonds is 6. The van der Waals surface area contributed by atoms with E-state index < -0.39 is 9.84 Å². The highest BCUT2D eigenvalue weighted by Gasteiger charge is 2.26. The minimum absolute atomic E-state index is 0.0879. The standard InChI is InChI=1S/C12H24N4O2S/c1-6-9(7-2)16-11(13)10(19(5,17)18)12(15-16)14-8(3)4/h8-9H,6-7,13H2,1-5H3,(H,14,15). The third-order valence-corrected chi connectivity index (χ3v) is 4.13. The molecule has 0 fully saturated rings. The summed E-state index contributed by atoms with van der Waals surface area (Å²) in [7, 11) is -3.41. The lowest BCUT2D eigenvalue weighted by Crippen LogP contribution is -2.13. The van der Waals surface area contributed by atoms with Crippen molar-refractivity contribution < 1.29 is 8.42 Å². The molecule has 19 heavy (non-hydrogen) atoms. The summed E-state index contributed by atoms with van der Waals surface area (Å²) in [5, 5.41) is 7.41. The van der Waals surface area contributed by atoms with E-state index in [2.05, 4.69) is 10.4 Å². The summed E-state index contributed by atoms with van der Waals surface area (Å²) in [4.78, 5) is 0.105. The molecular formula is C12H24N4O2S. The monoisotopic (exact) mass is 288 g/mol. The minimum Gasteiger partial charge on any atom is -0.383 e. The van der Waals surface area contributed by atoms with Gasteiger partial charge in [0.15, 0.2) is 20.6 Å². The molecule has 1 aromatic rings. The molecule has 0 aromatic carbocycles. The van der Waals surface area contributed by atoms with Gasteiger partial charge in [-0.05, 0) is 26.7 Å². The highest BCUT2D eigenvalue weighted by atomic mass is 32.2. The van der Waals surface area contributed by atoms with Crippen LogP contribution in [-0.4, -0.2) is 30.5 Å². The summed E-state index contributed by atoms with van der Waals surface area (Å²) in [5.74, 6) is 0.571. The Labute approximate surface area is 115 Å². The van der Waals surface area contributed by atoms with E-state index in [1.807, 2.05) is 27.7 Å². The van der Waals surface area contributed by atoms with Crippen molar-refractivity contribution in [2.24, 2.45) is 0 Å². The van der Waals surface area contributed by atoms with Gasteiger partial charge in [-0.3, -0.25) is 0 Å². The zero-order chi connectivity index (χ0) is 14.8. The summed E-state index contributed by atoms with van der Waals surface area (Å²) in [5.41, 5.74) is 6.00. The Morgan fingerprint density at radius 3 is 2.21 bits per heavy atom. The SMILES string of the molecule is CCC(CC)n1nc(NC(C)C)c(S(C)(=O)=O)c1N. The van der Waals surface area contributed by atoms with Gasteiger partial charge in [-0.2, -0.15) is 5.10 Å². The molecule has 0 aliphatic carbocycles. The molecule has 0 aliphatic rings. The first-order chi connectivity index (χ1) is 8.72. The summed E-state index contributed by atoms with van der Waals surface area (Å²) in [6.45, 7) is 7.92. The Kier molecular flexibility index (Phi) is 4.84. The van der Waals surface area contributed by atoms with E-state index in [1.54, 1.807) is 4.68 Å². The van der Waals surface area contributed by atoms with Crippen LogP contribution in [0.15, 0.2) is 4.90 Å². The number of hydrogen-bond donors (Lipinski definition) is 2. The number of anilines is 2. The first kappa shape index (κ1) is 15.8. The van der Waals surface area contributed by atoms with E-state index in [1.165, 1.54) is 0 Å². The zero-order valence-electron chi connectivity index (χ0n) is 12.3. The maximum atomic E-state index is 11.9. The summed E-state index contributed by atoms with van der Waals surface area (Å²) in [6.07, 6.45) is 2.86. The van der Waals surface area contributed by atoms with E-state index in [0.717, 1.165) is 19.1 Å². The highest BCUT2D eigenvalue weighted by molar-refractivity contribution is 7.91. The second-order valence-corrected chi connectivity index (χ2v) is 7.00. The molecule has 0 aliphatic heterocycles. The lowest BCUT2D eigenvalue weighted by atomic mass is 10.2. The summed E-state index contributed by atoms with van der Waals surface area (Å²) < 4.78 is 25.4. The first-order valence-electron chi connectivity index (χ1n) is 6.56. The van der Waals surface area contributed by atoms with Crippen molar-refractivity contribution in [2.75, 3.05) is 17.3 Å². The Hall–Kier alpha value is -1.24. The van der Waals surface area contributed by atoms with Crippen molar-refractivity contribution >= 4 is 21.5 Å². The Morgan fingerprint density at radius 2 is 1.84 bits per heavy atom. The van der Waals surface area contributed by atoms with Crippen LogP contribution in [0.4, 0.5) is 11.6 Å². The highest BCUT2D eigenvalue weighted by Crippen LogP contribution is 2.31. The van der Waals surface area contributed by atoms with E-state index in [4.69, 9.17) is 5.73 Å². The predicted molar refractivity (Wildman–Crippen MR) is 78.1 cm³/mol. The normalized spacial score (nSPS) is 12.4. The third kappa shape index (κ3) is 3.40. The lowest BCUT2D eigenvalue weighted by Gasteiger charge is -2.14. The Morgan fingerprint density at radius 1 is 1.32 bits per heavy atom. The fourth-order valence-corrected chi connectivity index (χ4v) is 3.00.